The summed E-state index contributed by atoms with van der Waals surface area (Å²) < 4.78 is 1.31. The number of nitrogens with zero attached hydrogens (tertiary/aromatic N) is 2. The van der Waals surface area contributed by atoms with Crippen LogP contribution >= 0.6 is 39.0 Å². The third-order valence-corrected chi connectivity index (χ3v) is 6.40. The Kier molecular flexibility index (Phi) is 6.82. The minimum absolute atomic E-state index is 0.118. The maximum absolute atomic E-state index is 12.3. The van der Waals surface area contributed by atoms with Crippen molar-refractivity contribution in [3.63, 3.8) is 0 Å². The fourth-order valence-electron chi connectivity index (χ4n) is 2.31. The van der Waals surface area contributed by atoms with Gasteiger partial charge in [0.25, 0.3) is 5.91 Å². The van der Waals surface area contributed by atoms with Gasteiger partial charge in [-0.3, -0.25) is 14.9 Å². The van der Waals surface area contributed by atoms with Crippen LogP contribution in [0.15, 0.2) is 51.3 Å². The molecule has 0 spiro atoms. The van der Waals surface area contributed by atoms with Crippen LogP contribution in [0.4, 0.5) is 10.8 Å². The van der Waals surface area contributed by atoms with Gasteiger partial charge in [0.1, 0.15) is 0 Å². The third-order valence-electron chi connectivity index (χ3n) is 3.74. The van der Waals surface area contributed by atoms with E-state index in [0.717, 1.165) is 16.8 Å². The van der Waals surface area contributed by atoms with E-state index in [1.54, 1.807) is 18.2 Å². The second kappa shape index (κ2) is 9.31. The fraction of sp³-hybridized carbons (Fsp3) is 0.158. The highest BCUT2D eigenvalue weighted by atomic mass is 79.9. The lowest BCUT2D eigenvalue weighted by Crippen LogP contribution is -2.14. The standard InChI is InChI=1S/C19H17BrN4O2S2/c1-11-7-8-12(2)15(9-11)21-16(25)10-27-19-24-23-18(28-19)22-17(26)13-5-3-4-6-14(13)20/h3-9H,10H2,1-2H3,(H,21,25)(H,22,23,26). The zero-order valence-corrected chi connectivity index (χ0v) is 18.4. The van der Waals surface area contributed by atoms with E-state index in [1.807, 2.05) is 38.1 Å². The maximum Gasteiger partial charge on any atom is 0.258 e. The smallest absolute Gasteiger partial charge is 0.258 e. The van der Waals surface area contributed by atoms with Crippen LogP contribution in [0.25, 0.3) is 0 Å². The van der Waals surface area contributed by atoms with Crippen LogP contribution in [0.2, 0.25) is 0 Å². The quantitative estimate of drug-likeness (QED) is 0.390. The molecule has 3 aromatic rings. The van der Waals surface area contributed by atoms with Crippen molar-refractivity contribution in [3.05, 3.63) is 63.6 Å². The van der Waals surface area contributed by atoms with Crippen LogP contribution < -0.4 is 10.6 Å². The Morgan fingerprint density at radius 3 is 2.68 bits per heavy atom. The molecule has 0 saturated carbocycles. The van der Waals surface area contributed by atoms with Gasteiger partial charge in [-0.25, -0.2) is 0 Å². The number of aromatic nitrogens is 2. The van der Waals surface area contributed by atoms with Crippen molar-refractivity contribution in [1.82, 2.24) is 10.2 Å². The van der Waals surface area contributed by atoms with Crippen molar-refractivity contribution in [2.75, 3.05) is 16.4 Å². The molecule has 28 heavy (non-hydrogen) atoms. The molecule has 0 unspecified atom stereocenters. The number of benzene rings is 2. The van der Waals surface area contributed by atoms with Crippen LogP contribution in [0.3, 0.4) is 0 Å². The molecule has 144 valence electrons. The number of rotatable bonds is 6. The molecule has 2 aromatic carbocycles. The molecular formula is C19H17BrN4O2S2. The monoisotopic (exact) mass is 476 g/mol. The number of hydrogen-bond acceptors (Lipinski definition) is 6. The van der Waals surface area contributed by atoms with Crippen molar-refractivity contribution in [3.8, 4) is 0 Å². The summed E-state index contributed by atoms with van der Waals surface area (Å²) in [5.41, 5.74) is 3.42. The van der Waals surface area contributed by atoms with E-state index in [0.29, 0.717) is 19.5 Å². The van der Waals surface area contributed by atoms with E-state index in [2.05, 4.69) is 36.8 Å². The number of halogens is 1. The molecule has 0 aliphatic carbocycles. The van der Waals surface area contributed by atoms with Gasteiger partial charge in [0.15, 0.2) is 4.34 Å². The predicted molar refractivity (Wildman–Crippen MR) is 117 cm³/mol. The topological polar surface area (TPSA) is 84.0 Å². The summed E-state index contributed by atoms with van der Waals surface area (Å²) in [4.78, 5) is 24.5. The maximum atomic E-state index is 12.3. The van der Waals surface area contributed by atoms with Crippen molar-refractivity contribution >= 4 is 61.7 Å². The summed E-state index contributed by atoms with van der Waals surface area (Å²) in [6, 6.07) is 13.1. The molecule has 1 aromatic heterocycles. The number of carbonyl (C=O) groups is 2. The molecule has 2 amide bonds. The van der Waals surface area contributed by atoms with Gasteiger partial charge in [0, 0.05) is 10.2 Å². The molecule has 0 fully saturated rings. The highest BCUT2D eigenvalue weighted by molar-refractivity contribution is 9.10. The highest BCUT2D eigenvalue weighted by Gasteiger charge is 2.14. The molecule has 0 atom stereocenters. The summed E-state index contributed by atoms with van der Waals surface area (Å²) in [6.45, 7) is 3.93. The highest BCUT2D eigenvalue weighted by Crippen LogP contribution is 2.27. The molecule has 6 nitrogen and oxygen atoms in total. The zero-order chi connectivity index (χ0) is 20.1. The zero-order valence-electron chi connectivity index (χ0n) is 15.2. The van der Waals surface area contributed by atoms with Crippen molar-refractivity contribution in [1.29, 1.82) is 0 Å². The lowest BCUT2D eigenvalue weighted by Gasteiger charge is -2.08. The predicted octanol–water partition coefficient (Wildman–Crippen LogP) is 4.90. The van der Waals surface area contributed by atoms with Crippen molar-refractivity contribution in [2.45, 2.75) is 18.2 Å². The van der Waals surface area contributed by atoms with E-state index in [4.69, 9.17) is 0 Å². The normalized spacial score (nSPS) is 10.5. The number of carbonyl (C=O) groups excluding carboxylic acids is 2. The molecule has 2 N–H and O–H groups in total. The molecule has 0 aliphatic rings. The van der Waals surface area contributed by atoms with E-state index < -0.39 is 0 Å². The number of aryl methyl sites for hydroxylation is 2. The first-order valence-corrected chi connectivity index (χ1v) is 10.9. The van der Waals surface area contributed by atoms with Crippen LogP contribution in [-0.4, -0.2) is 27.8 Å². The molecule has 0 radical (unpaired) electrons. The van der Waals surface area contributed by atoms with Crippen molar-refractivity contribution < 1.29 is 9.59 Å². The number of anilines is 2. The molecular weight excluding hydrogens is 460 g/mol. The SMILES string of the molecule is Cc1ccc(C)c(NC(=O)CSc2nnc(NC(=O)c3ccccc3Br)s2)c1. The van der Waals surface area contributed by atoms with Gasteiger partial charge in [-0.2, -0.15) is 0 Å². The van der Waals surface area contributed by atoms with Gasteiger partial charge >= 0.3 is 0 Å². The molecule has 0 bridgehead atoms. The Balaban J connectivity index is 1.54. The summed E-state index contributed by atoms with van der Waals surface area (Å²) in [6.07, 6.45) is 0. The molecule has 0 aliphatic heterocycles. The Morgan fingerprint density at radius 2 is 1.89 bits per heavy atom. The van der Waals surface area contributed by atoms with Crippen LogP contribution in [-0.2, 0) is 4.79 Å². The third kappa shape index (κ3) is 5.40. The first-order chi connectivity index (χ1) is 13.4. The van der Waals surface area contributed by atoms with Gasteiger partial charge < -0.3 is 5.32 Å². The minimum atomic E-state index is -0.271. The fourth-order valence-corrected chi connectivity index (χ4v) is 4.32. The number of thioether (sulfide) groups is 1. The summed E-state index contributed by atoms with van der Waals surface area (Å²) >= 11 is 5.86. The average molecular weight is 477 g/mol. The number of hydrogen-bond donors (Lipinski definition) is 2. The second-order valence-electron chi connectivity index (χ2n) is 5.96. The van der Waals surface area contributed by atoms with Crippen molar-refractivity contribution in [2.24, 2.45) is 0 Å². The van der Waals surface area contributed by atoms with Gasteiger partial charge in [-0.05, 0) is 59.1 Å². The average Bonchev–Trinajstić information content (AvgIpc) is 3.10. The first-order valence-electron chi connectivity index (χ1n) is 8.31. The summed E-state index contributed by atoms with van der Waals surface area (Å²) in [5.74, 6) is -0.180. The largest absolute Gasteiger partial charge is 0.325 e. The van der Waals surface area contributed by atoms with E-state index in [1.165, 1.54) is 23.1 Å². The first kappa shape index (κ1) is 20.5. The Bertz CT molecular complexity index is 1020. The van der Waals surface area contributed by atoms with Crippen LogP contribution in [0.5, 0.6) is 0 Å². The van der Waals surface area contributed by atoms with Gasteiger partial charge in [0.05, 0.1) is 11.3 Å². The minimum Gasteiger partial charge on any atom is -0.325 e. The van der Waals surface area contributed by atoms with Gasteiger partial charge in [0.2, 0.25) is 11.0 Å². The second-order valence-corrected chi connectivity index (χ2v) is 9.02. The Morgan fingerprint density at radius 1 is 1.11 bits per heavy atom. The van der Waals surface area contributed by atoms with Crippen LogP contribution in [0.1, 0.15) is 21.5 Å². The molecule has 1 heterocycles. The van der Waals surface area contributed by atoms with E-state index in [9.17, 15) is 9.59 Å². The molecule has 9 heteroatoms. The van der Waals surface area contributed by atoms with E-state index >= 15 is 0 Å². The van der Waals surface area contributed by atoms with E-state index in [-0.39, 0.29) is 17.6 Å². The van der Waals surface area contributed by atoms with Crippen LogP contribution in [0, 0.1) is 13.8 Å². The van der Waals surface area contributed by atoms with Gasteiger partial charge in [-0.15, -0.1) is 10.2 Å². The Labute approximate surface area is 179 Å². The lowest BCUT2D eigenvalue weighted by atomic mass is 10.1. The van der Waals surface area contributed by atoms with Gasteiger partial charge in [-0.1, -0.05) is 47.4 Å². The molecule has 0 saturated heterocycles. The number of amides is 2. The molecule has 3 rings (SSSR count). The Hall–Kier alpha value is -2.23. The lowest BCUT2D eigenvalue weighted by molar-refractivity contribution is -0.113. The summed E-state index contributed by atoms with van der Waals surface area (Å²) in [5, 5.41) is 14.0. The summed E-state index contributed by atoms with van der Waals surface area (Å²) in [7, 11) is 0. The number of nitrogens with one attached hydrogen (secondary N) is 2.